The maximum Gasteiger partial charge on any atom is 0.381 e. The van der Waals surface area contributed by atoms with Gasteiger partial charge in [0.15, 0.2) is 11.5 Å². The first-order valence-corrected chi connectivity index (χ1v) is 7.99. The molecule has 0 aliphatic carbocycles. The minimum atomic E-state index is 0.146. The largest absolute Gasteiger partial charge is 0.459 e. The standard InChI is InChI=1S/C18H13NO3S/c20-18(19-13-4-2-1-3-5-13)17-9-8-16(23-17)12-6-7-14-15(10-12)22-11-21-14/h1-10H,11H2,(H,19,20)/p+1. The lowest BCUT2D eigenvalue weighted by atomic mass is 10.1. The molecule has 2 heterocycles. The Hall–Kier alpha value is -2.79. The van der Waals surface area contributed by atoms with Crippen LogP contribution in [0.3, 0.4) is 0 Å². The second kappa shape index (κ2) is 5.78. The van der Waals surface area contributed by atoms with Gasteiger partial charge < -0.3 is 14.6 Å². The van der Waals surface area contributed by atoms with Gasteiger partial charge in [-0.1, -0.05) is 18.2 Å². The molecule has 0 atom stereocenters. The Bertz CT molecular complexity index is 871. The molecule has 3 aromatic rings. The zero-order valence-electron chi connectivity index (χ0n) is 12.2. The summed E-state index contributed by atoms with van der Waals surface area (Å²) in [6, 6.07) is 19.3. The average Bonchev–Trinajstić information content (AvgIpc) is 3.24. The molecule has 23 heavy (non-hydrogen) atoms. The molecule has 2 N–H and O–H groups in total. The average molecular weight is 324 g/mol. The van der Waals surface area contributed by atoms with Crippen LogP contribution in [0.2, 0.25) is 0 Å². The van der Waals surface area contributed by atoms with Crippen molar-refractivity contribution in [1.82, 2.24) is 0 Å². The fourth-order valence-electron chi connectivity index (χ4n) is 2.39. The third-order valence-corrected chi connectivity index (χ3v) is 4.67. The summed E-state index contributed by atoms with van der Waals surface area (Å²) in [6.45, 7) is 0.268. The van der Waals surface area contributed by atoms with Crippen molar-refractivity contribution in [2.45, 2.75) is 0 Å². The molecule has 4 nitrogen and oxygen atoms in total. The molecule has 1 aliphatic rings. The molecule has 2 aromatic carbocycles. The number of hydrogen-bond donors (Lipinski definition) is 2. The van der Waals surface area contributed by atoms with Crippen LogP contribution in [0.5, 0.6) is 11.5 Å². The summed E-state index contributed by atoms with van der Waals surface area (Å²) >= 11 is 1.51. The number of hydrogen-bond acceptors (Lipinski definition) is 3. The molecule has 0 spiro atoms. The van der Waals surface area contributed by atoms with E-state index in [0.29, 0.717) is 0 Å². The van der Waals surface area contributed by atoms with Gasteiger partial charge in [0.2, 0.25) is 12.5 Å². The normalized spacial score (nSPS) is 13.3. The van der Waals surface area contributed by atoms with Crippen molar-refractivity contribution < 1.29 is 19.6 Å². The Balaban J connectivity index is 1.63. The van der Waals surface area contributed by atoms with Crippen LogP contribution in [0.1, 0.15) is 4.88 Å². The molecular weight excluding hydrogens is 310 g/mol. The summed E-state index contributed by atoms with van der Waals surface area (Å²) in [5.74, 6) is 1.67. The van der Waals surface area contributed by atoms with E-state index in [-0.39, 0.29) is 12.7 Å². The predicted molar refractivity (Wildman–Crippen MR) is 89.7 cm³/mol. The van der Waals surface area contributed by atoms with E-state index in [9.17, 15) is 5.11 Å². The molecular formula is C18H14NO3S+. The SMILES string of the molecule is OC(=[NH+]c1ccccc1)c1ccc(-c2ccc3c(c2)OCO3)s1. The Labute approximate surface area is 137 Å². The third kappa shape index (κ3) is 2.78. The molecule has 1 aromatic heterocycles. The number of rotatable bonds is 3. The number of aliphatic hydroxyl groups is 1. The lowest BCUT2D eigenvalue weighted by Gasteiger charge is -1.99. The van der Waals surface area contributed by atoms with Gasteiger partial charge in [0.05, 0.1) is 0 Å². The summed E-state index contributed by atoms with van der Waals surface area (Å²) in [4.78, 5) is 4.84. The molecule has 114 valence electrons. The molecule has 0 unspecified atom stereocenters. The highest BCUT2D eigenvalue weighted by Gasteiger charge is 2.16. The van der Waals surface area contributed by atoms with E-state index in [0.717, 1.165) is 32.5 Å². The quantitative estimate of drug-likeness (QED) is 0.575. The summed E-state index contributed by atoms with van der Waals surface area (Å²) in [5.41, 5.74) is 1.89. The van der Waals surface area contributed by atoms with E-state index >= 15 is 0 Å². The third-order valence-electron chi connectivity index (χ3n) is 3.53. The van der Waals surface area contributed by atoms with E-state index in [1.54, 1.807) is 0 Å². The predicted octanol–water partition coefficient (Wildman–Crippen LogP) is 2.86. The van der Waals surface area contributed by atoms with Crippen molar-refractivity contribution in [2.75, 3.05) is 6.79 Å². The van der Waals surface area contributed by atoms with E-state index in [1.165, 1.54) is 11.3 Å². The second-order valence-electron chi connectivity index (χ2n) is 5.07. The van der Waals surface area contributed by atoms with Crippen molar-refractivity contribution in [1.29, 1.82) is 0 Å². The first-order chi connectivity index (χ1) is 11.3. The zero-order valence-corrected chi connectivity index (χ0v) is 13.0. The molecule has 1 aliphatic heterocycles. The van der Waals surface area contributed by atoms with Crippen molar-refractivity contribution in [3.63, 3.8) is 0 Å². The topological polar surface area (TPSA) is 52.7 Å². The minimum Gasteiger partial charge on any atom is -0.459 e. The second-order valence-corrected chi connectivity index (χ2v) is 6.16. The van der Waals surface area contributed by atoms with Crippen LogP contribution in [0.4, 0.5) is 5.69 Å². The Kier molecular flexibility index (Phi) is 3.48. The Morgan fingerprint density at radius 3 is 2.65 bits per heavy atom. The van der Waals surface area contributed by atoms with Crippen LogP contribution in [-0.2, 0) is 0 Å². The zero-order chi connectivity index (χ0) is 15.6. The monoisotopic (exact) mass is 324 g/mol. The van der Waals surface area contributed by atoms with E-state index in [4.69, 9.17) is 9.47 Å². The smallest absolute Gasteiger partial charge is 0.381 e. The Morgan fingerprint density at radius 2 is 1.78 bits per heavy atom. The lowest BCUT2D eigenvalue weighted by molar-refractivity contribution is -0.364. The molecule has 4 rings (SSSR count). The number of fused-ring (bicyclic) bond motifs is 1. The number of aliphatic hydroxyl groups excluding tert-OH is 1. The van der Waals surface area contributed by atoms with Gasteiger partial charge in [-0.15, -0.1) is 11.3 Å². The van der Waals surface area contributed by atoms with Gasteiger partial charge in [-0.3, -0.25) is 0 Å². The van der Waals surface area contributed by atoms with Gasteiger partial charge in [-0.25, -0.2) is 0 Å². The van der Waals surface area contributed by atoms with Crippen LogP contribution >= 0.6 is 11.3 Å². The maximum absolute atomic E-state index is 10.3. The van der Waals surface area contributed by atoms with Crippen LogP contribution in [0, 0.1) is 0 Å². The first kappa shape index (κ1) is 13.8. The molecule has 0 saturated carbocycles. The van der Waals surface area contributed by atoms with Crippen molar-refractivity contribution >= 4 is 22.9 Å². The first-order valence-electron chi connectivity index (χ1n) is 7.18. The molecule has 0 bridgehead atoms. The number of ether oxygens (including phenoxy) is 2. The molecule has 5 heteroatoms. The maximum atomic E-state index is 10.3. The van der Waals surface area contributed by atoms with Crippen LogP contribution in [0.15, 0.2) is 60.7 Å². The molecule has 0 fully saturated rings. The van der Waals surface area contributed by atoms with Crippen LogP contribution < -0.4 is 14.5 Å². The van der Waals surface area contributed by atoms with E-state index in [1.807, 2.05) is 60.7 Å². The number of thiophene rings is 1. The summed E-state index contributed by atoms with van der Waals surface area (Å²) in [7, 11) is 0. The van der Waals surface area contributed by atoms with Crippen molar-refractivity contribution in [2.24, 2.45) is 0 Å². The van der Waals surface area contributed by atoms with Gasteiger partial charge in [0, 0.05) is 17.0 Å². The summed E-state index contributed by atoms with van der Waals surface area (Å²) < 4.78 is 10.7. The van der Waals surface area contributed by atoms with Gasteiger partial charge in [-0.2, -0.15) is 4.99 Å². The number of nitrogens with one attached hydrogen (secondary N) is 1. The number of benzene rings is 2. The van der Waals surface area contributed by atoms with Crippen LogP contribution in [-0.4, -0.2) is 17.8 Å². The molecule has 0 saturated heterocycles. The van der Waals surface area contributed by atoms with E-state index < -0.39 is 0 Å². The van der Waals surface area contributed by atoms with Crippen molar-refractivity contribution in [3.8, 4) is 21.9 Å². The fraction of sp³-hybridized carbons (Fsp3) is 0.0556. The van der Waals surface area contributed by atoms with Gasteiger partial charge in [0.1, 0.15) is 4.88 Å². The summed E-state index contributed by atoms with van der Waals surface area (Å²) in [5, 5.41) is 10.3. The molecule has 0 radical (unpaired) electrons. The van der Waals surface area contributed by atoms with Gasteiger partial charge >= 0.3 is 5.90 Å². The fourth-order valence-corrected chi connectivity index (χ4v) is 3.29. The minimum absolute atomic E-state index is 0.146. The highest BCUT2D eigenvalue weighted by atomic mass is 32.1. The van der Waals surface area contributed by atoms with Gasteiger partial charge in [-0.05, 0) is 35.9 Å². The van der Waals surface area contributed by atoms with Gasteiger partial charge in [0.25, 0.3) is 0 Å². The molecule has 0 amide bonds. The highest BCUT2D eigenvalue weighted by molar-refractivity contribution is 7.17. The van der Waals surface area contributed by atoms with Crippen LogP contribution in [0.25, 0.3) is 10.4 Å². The van der Waals surface area contributed by atoms with Crippen molar-refractivity contribution in [3.05, 3.63) is 65.5 Å². The lowest BCUT2D eigenvalue weighted by Crippen LogP contribution is -2.66. The van der Waals surface area contributed by atoms with E-state index in [2.05, 4.69) is 4.99 Å². The highest BCUT2D eigenvalue weighted by Crippen LogP contribution is 2.37. The Morgan fingerprint density at radius 1 is 0.957 bits per heavy atom. The summed E-state index contributed by atoms with van der Waals surface area (Å²) in [6.07, 6.45) is 0. The number of para-hydroxylation sites is 1.